The highest BCUT2D eigenvalue weighted by molar-refractivity contribution is 7.99. The number of amides is 1. The van der Waals surface area contributed by atoms with E-state index in [0.717, 1.165) is 16.5 Å². The third-order valence-electron chi connectivity index (χ3n) is 4.35. The quantitative estimate of drug-likeness (QED) is 0.413. The third kappa shape index (κ3) is 3.70. The predicted molar refractivity (Wildman–Crippen MR) is 105 cm³/mol. The highest BCUT2D eigenvalue weighted by Gasteiger charge is 2.22. The minimum atomic E-state index is -1.07. The van der Waals surface area contributed by atoms with Crippen LogP contribution in [0.4, 0.5) is 0 Å². The fourth-order valence-electron chi connectivity index (χ4n) is 3.00. The number of thioether (sulfide) groups is 1. The van der Waals surface area contributed by atoms with Gasteiger partial charge in [-0.3, -0.25) is 9.20 Å². The van der Waals surface area contributed by atoms with E-state index in [2.05, 4.69) is 20.5 Å². The number of hydrogen-bond acceptors (Lipinski definition) is 5. The minimum Gasteiger partial charge on any atom is -0.480 e. The SMILES string of the molecule is O=C(CSc1nnc2ccccn12)NC(Cc1c[nH]c2ccccc12)C(=O)O. The van der Waals surface area contributed by atoms with Crippen molar-refractivity contribution in [2.45, 2.75) is 17.6 Å². The third-order valence-corrected chi connectivity index (χ3v) is 5.29. The second-order valence-corrected chi connectivity index (χ2v) is 7.16. The summed E-state index contributed by atoms with van der Waals surface area (Å²) in [6.45, 7) is 0. The summed E-state index contributed by atoms with van der Waals surface area (Å²) in [5, 5.41) is 21.7. The second kappa shape index (κ2) is 7.73. The first-order chi connectivity index (χ1) is 13.6. The molecular formula is C19H17N5O3S. The molecule has 28 heavy (non-hydrogen) atoms. The number of carboxylic acids is 1. The van der Waals surface area contributed by atoms with Crippen molar-refractivity contribution in [3.8, 4) is 0 Å². The van der Waals surface area contributed by atoms with Crippen molar-refractivity contribution in [1.82, 2.24) is 24.9 Å². The minimum absolute atomic E-state index is 0.0490. The van der Waals surface area contributed by atoms with E-state index in [1.54, 1.807) is 10.6 Å². The lowest BCUT2D eigenvalue weighted by molar-refractivity contribution is -0.141. The van der Waals surface area contributed by atoms with Gasteiger partial charge in [-0.15, -0.1) is 10.2 Å². The van der Waals surface area contributed by atoms with E-state index in [-0.39, 0.29) is 18.1 Å². The monoisotopic (exact) mass is 395 g/mol. The normalized spacial score (nSPS) is 12.3. The van der Waals surface area contributed by atoms with Crippen LogP contribution in [0.5, 0.6) is 0 Å². The molecule has 4 rings (SSSR count). The van der Waals surface area contributed by atoms with Gasteiger partial charge in [0.25, 0.3) is 0 Å². The van der Waals surface area contributed by atoms with Gasteiger partial charge in [-0.25, -0.2) is 4.79 Å². The molecule has 0 aliphatic carbocycles. The first-order valence-corrected chi connectivity index (χ1v) is 9.60. The van der Waals surface area contributed by atoms with Crippen molar-refractivity contribution in [2.75, 3.05) is 5.75 Å². The number of carbonyl (C=O) groups excluding carboxylic acids is 1. The van der Waals surface area contributed by atoms with Crippen LogP contribution >= 0.6 is 11.8 Å². The number of pyridine rings is 1. The Morgan fingerprint density at radius 2 is 2.00 bits per heavy atom. The summed E-state index contributed by atoms with van der Waals surface area (Å²) in [6.07, 6.45) is 3.79. The van der Waals surface area contributed by atoms with Gasteiger partial charge in [0.15, 0.2) is 10.8 Å². The number of rotatable bonds is 7. The number of aliphatic carboxylic acids is 1. The van der Waals surface area contributed by atoms with E-state index < -0.39 is 12.0 Å². The van der Waals surface area contributed by atoms with Gasteiger partial charge in [0.1, 0.15) is 6.04 Å². The number of hydrogen-bond donors (Lipinski definition) is 3. The number of benzene rings is 1. The van der Waals surface area contributed by atoms with E-state index >= 15 is 0 Å². The summed E-state index contributed by atoms with van der Waals surface area (Å²) in [5.74, 6) is -1.39. The first kappa shape index (κ1) is 18.1. The summed E-state index contributed by atoms with van der Waals surface area (Å²) in [4.78, 5) is 27.1. The van der Waals surface area contributed by atoms with Crippen molar-refractivity contribution in [3.05, 3.63) is 60.4 Å². The molecule has 1 atom stereocenters. The highest BCUT2D eigenvalue weighted by Crippen LogP contribution is 2.20. The van der Waals surface area contributed by atoms with Crippen molar-refractivity contribution in [1.29, 1.82) is 0 Å². The molecule has 0 bridgehead atoms. The molecule has 0 saturated carbocycles. The van der Waals surface area contributed by atoms with Gasteiger partial charge >= 0.3 is 5.97 Å². The standard InChI is InChI=1S/C19H17N5O3S/c25-17(11-28-19-23-22-16-7-3-4-8-24(16)19)21-15(18(26)27)9-12-10-20-14-6-2-1-5-13(12)14/h1-8,10,15,20H,9,11H2,(H,21,25)(H,26,27). The largest absolute Gasteiger partial charge is 0.480 e. The van der Waals surface area contributed by atoms with E-state index in [9.17, 15) is 14.7 Å². The van der Waals surface area contributed by atoms with Crippen LogP contribution in [0, 0.1) is 0 Å². The van der Waals surface area contributed by atoms with Crippen molar-refractivity contribution < 1.29 is 14.7 Å². The number of para-hydroxylation sites is 1. The smallest absolute Gasteiger partial charge is 0.326 e. The lowest BCUT2D eigenvalue weighted by Gasteiger charge is -2.14. The maximum absolute atomic E-state index is 12.3. The van der Waals surface area contributed by atoms with Crippen LogP contribution in [0.15, 0.2) is 60.0 Å². The molecule has 1 unspecified atom stereocenters. The number of carbonyl (C=O) groups is 2. The van der Waals surface area contributed by atoms with Gasteiger partial charge < -0.3 is 15.4 Å². The Labute approximate surface area is 164 Å². The summed E-state index contributed by atoms with van der Waals surface area (Å²) >= 11 is 1.21. The van der Waals surface area contributed by atoms with E-state index in [1.165, 1.54) is 11.8 Å². The Morgan fingerprint density at radius 3 is 2.86 bits per heavy atom. The van der Waals surface area contributed by atoms with Crippen LogP contribution in [-0.4, -0.2) is 48.4 Å². The zero-order valence-corrected chi connectivity index (χ0v) is 15.5. The van der Waals surface area contributed by atoms with Crippen LogP contribution in [-0.2, 0) is 16.0 Å². The highest BCUT2D eigenvalue weighted by atomic mass is 32.2. The van der Waals surface area contributed by atoms with Crippen LogP contribution in [0.1, 0.15) is 5.56 Å². The molecule has 3 aromatic heterocycles. The van der Waals surface area contributed by atoms with Gasteiger partial charge in [0.2, 0.25) is 5.91 Å². The number of aromatic nitrogens is 4. The molecule has 142 valence electrons. The van der Waals surface area contributed by atoms with Crippen LogP contribution in [0.2, 0.25) is 0 Å². The average molecular weight is 395 g/mol. The summed E-state index contributed by atoms with van der Waals surface area (Å²) in [5.41, 5.74) is 2.47. The first-order valence-electron chi connectivity index (χ1n) is 8.61. The zero-order valence-electron chi connectivity index (χ0n) is 14.7. The van der Waals surface area contributed by atoms with Gasteiger partial charge in [-0.05, 0) is 23.8 Å². The Morgan fingerprint density at radius 1 is 1.18 bits per heavy atom. The fourth-order valence-corrected chi connectivity index (χ4v) is 3.74. The number of nitrogens with one attached hydrogen (secondary N) is 2. The molecule has 0 aliphatic rings. The molecule has 1 aromatic carbocycles. The Hall–Kier alpha value is -3.33. The molecule has 8 nitrogen and oxygen atoms in total. The van der Waals surface area contributed by atoms with Gasteiger partial charge in [-0.2, -0.15) is 0 Å². The number of nitrogens with zero attached hydrogens (tertiary/aromatic N) is 3. The molecule has 0 radical (unpaired) electrons. The molecule has 3 heterocycles. The molecule has 0 aliphatic heterocycles. The molecule has 3 N–H and O–H groups in total. The lowest BCUT2D eigenvalue weighted by Crippen LogP contribution is -2.43. The molecule has 0 fully saturated rings. The fraction of sp³-hybridized carbons (Fsp3) is 0.158. The predicted octanol–water partition coefficient (Wildman–Crippen LogP) is 2.11. The maximum atomic E-state index is 12.3. The number of aromatic amines is 1. The average Bonchev–Trinajstić information content (AvgIpc) is 3.30. The molecule has 1 amide bonds. The van der Waals surface area contributed by atoms with Gasteiger partial charge in [0.05, 0.1) is 5.75 Å². The van der Waals surface area contributed by atoms with Gasteiger partial charge in [0, 0.05) is 29.7 Å². The number of H-pyrrole nitrogens is 1. The topological polar surface area (TPSA) is 112 Å². The number of carboxylic acid groups (broad SMARTS) is 1. The van der Waals surface area contributed by atoms with E-state index in [4.69, 9.17) is 0 Å². The number of fused-ring (bicyclic) bond motifs is 2. The summed E-state index contributed by atoms with van der Waals surface area (Å²) < 4.78 is 1.78. The van der Waals surface area contributed by atoms with Crippen LogP contribution in [0.3, 0.4) is 0 Å². The molecule has 9 heteroatoms. The molecular weight excluding hydrogens is 378 g/mol. The second-order valence-electron chi connectivity index (χ2n) is 6.22. The van der Waals surface area contributed by atoms with Crippen LogP contribution in [0.25, 0.3) is 16.6 Å². The molecule has 4 aromatic rings. The van der Waals surface area contributed by atoms with Gasteiger partial charge in [-0.1, -0.05) is 36.0 Å². The van der Waals surface area contributed by atoms with Crippen LogP contribution < -0.4 is 5.32 Å². The van der Waals surface area contributed by atoms with E-state index in [1.807, 2.05) is 48.7 Å². The molecule has 0 spiro atoms. The summed E-state index contributed by atoms with van der Waals surface area (Å²) in [6, 6.07) is 12.2. The van der Waals surface area contributed by atoms with Crippen molar-refractivity contribution in [2.24, 2.45) is 0 Å². The lowest BCUT2D eigenvalue weighted by atomic mass is 10.1. The van der Waals surface area contributed by atoms with Crippen molar-refractivity contribution >= 4 is 40.2 Å². The Kier molecular flexibility index (Phi) is 4.98. The zero-order chi connectivity index (χ0) is 19.5. The van der Waals surface area contributed by atoms with Crippen molar-refractivity contribution in [3.63, 3.8) is 0 Å². The summed E-state index contributed by atoms with van der Waals surface area (Å²) in [7, 11) is 0. The molecule has 0 saturated heterocycles. The maximum Gasteiger partial charge on any atom is 0.326 e. The Balaban J connectivity index is 1.41. The Bertz CT molecular complexity index is 1150. The van der Waals surface area contributed by atoms with E-state index in [0.29, 0.717) is 10.8 Å².